The summed E-state index contributed by atoms with van der Waals surface area (Å²) in [5.74, 6) is 1.28. The van der Waals surface area contributed by atoms with Crippen LogP contribution in [0.3, 0.4) is 0 Å². The average molecular weight is 991 g/mol. The van der Waals surface area contributed by atoms with E-state index < -0.39 is 0 Å². The lowest BCUT2D eigenvalue weighted by Gasteiger charge is -2.19. The van der Waals surface area contributed by atoms with Crippen molar-refractivity contribution in [2.45, 2.75) is 4.90 Å². The standard InChI is InChI=1S/C12Br10OS/c13-1-2(14)6(18)10(7(19)3(1)15)23-11-8(20)4(16)5(17)9(21)12(11)24-22. The summed E-state index contributed by atoms with van der Waals surface area (Å²) in [4.78, 5) is 0.880. The fourth-order valence-corrected chi connectivity index (χ4v) is 9.33. The minimum atomic E-state index is 0.626. The van der Waals surface area contributed by atoms with Crippen LogP contribution in [-0.2, 0) is 0 Å². The molecule has 12 heteroatoms. The second kappa shape index (κ2) is 9.93. The molecule has 0 aliphatic heterocycles. The van der Waals surface area contributed by atoms with Gasteiger partial charge in [0.1, 0.15) is 0 Å². The molecule has 130 valence electrons. The first-order valence-corrected chi connectivity index (χ1v) is 15.3. The van der Waals surface area contributed by atoms with Gasteiger partial charge in [0.15, 0.2) is 11.5 Å². The zero-order valence-corrected chi connectivity index (χ0v) is 27.3. The Kier molecular flexibility index (Phi) is 9.79. The van der Waals surface area contributed by atoms with Gasteiger partial charge in [0.2, 0.25) is 0 Å². The molecule has 0 heterocycles. The molecular weight excluding hydrogens is 991 g/mol. The smallest absolute Gasteiger partial charge is 0.158 e. The Bertz CT molecular complexity index is 809. The third-order valence-electron chi connectivity index (χ3n) is 2.63. The van der Waals surface area contributed by atoms with Crippen LogP contribution in [0.5, 0.6) is 11.5 Å². The van der Waals surface area contributed by atoms with Gasteiger partial charge < -0.3 is 4.74 Å². The molecule has 0 atom stereocenters. The summed E-state index contributed by atoms with van der Waals surface area (Å²) in [6, 6.07) is 0. The molecule has 2 rings (SSSR count). The summed E-state index contributed by atoms with van der Waals surface area (Å²) >= 11 is 35.5. The number of rotatable bonds is 3. The van der Waals surface area contributed by atoms with E-state index in [0.717, 1.165) is 45.1 Å². The van der Waals surface area contributed by atoms with Crippen LogP contribution < -0.4 is 4.74 Å². The normalized spacial score (nSPS) is 11.1. The molecule has 0 fully saturated rings. The molecule has 0 N–H and O–H groups in total. The Morgan fingerprint density at radius 2 is 0.792 bits per heavy atom. The van der Waals surface area contributed by atoms with Crippen molar-refractivity contribution < 1.29 is 4.74 Å². The molecule has 0 aliphatic carbocycles. The highest BCUT2D eigenvalue weighted by molar-refractivity contribution is 9.50. The summed E-state index contributed by atoms with van der Waals surface area (Å²) in [5.41, 5.74) is 0. The molecule has 24 heavy (non-hydrogen) atoms. The Morgan fingerprint density at radius 1 is 0.458 bits per heavy atom. The van der Waals surface area contributed by atoms with Crippen molar-refractivity contribution in [3.05, 3.63) is 40.3 Å². The van der Waals surface area contributed by atoms with Gasteiger partial charge >= 0.3 is 0 Å². The summed E-state index contributed by atoms with van der Waals surface area (Å²) in [7, 11) is 1.40. The van der Waals surface area contributed by atoms with Gasteiger partial charge in [-0.2, -0.15) is 0 Å². The van der Waals surface area contributed by atoms with Gasteiger partial charge in [-0.05, 0) is 168 Å². The highest BCUT2D eigenvalue weighted by Gasteiger charge is 2.25. The van der Waals surface area contributed by atoms with Crippen LogP contribution in [0.1, 0.15) is 0 Å². The second-order valence-corrected chi connectivity index (χ2v) is 12.7. The van der Waals surface area contributed by atoms with Crippen LogP contribution in [0.25, 0.3) is 0 Å². The number of hydrogen-bond donors (Lipinski definition) is 0. The van der Waals surface area contributed by atoms with Crippen LogP contribution in [-0.4, -0.2) is 0 Å². The molecule has 0 saturated heterocycles. The van der Waals surface area contributed by atoms with E-state index in [0.29, 0.717) is 11.5 Å². The van der Waals surface area contributed by atoms with E-state index in [1.54, 1.807) is 0 Å². The lowest BCUT2D eigenvalue weighted by atomic mass is 10.3. The fraction of sp³-hybridized carbons (Fsp3) is 0. The number of hydrogen-bond acceptors (Lipinski definition) is 2. The van der Waals surface area contributed by atoms with E-state index in [1.165, 1.54) is 10.2 Å². The molecule has 0 aromatic heterocycles. The molecule has 1 nitrogen and oxygen atoms in total. The summed E-state index contributed by atoms with van der Waals surface area (Å²) in [6.45, 7) is 0. The monoisotopic (exact) mass is 981 g/mol. The van der Waals surface area contributed by atoms with E-state index >= 15 is 0 Å². The van der Waals surface area contributed by atoms with E-state index in [-0.39, 0.29) is 0 Å². The second-order valence-electron chi connectivity index (χ2n) is 3.99. The van der Waals surface area contributed by atoms with Crippen LogP contribution in [0.4, 0.5) is 0 Å². The Labute approximate surface area is 225 Å². The average Bonchev–Trinajstić information content (AvgIpc) is 2.57. The van der Waals surface area contributed by atoms with Crippen molar-refractivity contribution in [2.75, 3.05) is 0 Å². The van der Waals surface area contributed by atoms with Crippen LogP contribution in [0.15, 0.2) is 45.1 Å². The maximum atomic E-state index is 6.27. The topological polar surface area (TPSA) is 9.23 Å². The van der Waals surface area contributed by atoms with Gasteiger partial charge in [-0.1, -0.05) is 0 Å². The molecule has 0 spiro atoms. The van der Waals surface area contributed by atoms with Gasteiger partial charge in [0.25, 0.3) is 0 Å². The highest BCUT2D eigenvalue weighted by Crippen LogP contribution is 2.55. The van der Waals surface area contributed by atoms with Crippen molar-refractivity contribution in [1.82, 2.24) is 0 Å². The van der Waals surface area contributed by atoms with Crippen molar-refractivity contribution in [3.8, 4) is 11.5 Å². The molecule has 0 unspecified atom stereocenters. The Hall–Kier alpha value is 3.39. The largest absolute Gasteiger partial charge is 0.452 e. The van der Waals surface area contributed by atoms with Gasteiger partial charge in [-0.15, -0.1) is 0 Å². The van der Waals surface area contributed by atoms with Gasteiger partial charge in [0, 0.05) is 8.95 Å². The fourth-order valence-electron chi connectivity index (χ4n) is 1.53. The summed E-state index contributed by atoms with van der Waals surface area (Å²) < 4.78 is 13.8. The van der Waals surface area contributed by atoms with E-state index in [9.17, 15) is 0 Å². The van der Waals surface area contributed by atoms with Gasteiger partial charge in [0.05, 0.1) is 36.2 Å². The predicted molar refractivity (Wildman–Crippen MR) is 137 cm³/mol. The first-order valence-electron chi connectivity index (χ1n) is 5.47. The molecule has 0 saturated carbocycles. The third kappa shape index (κ3) is 4.59. The van der Waals surface area contributed by atoms with Crippen LogP contribution in [0, 0.1) is 0 Å². The Morgan fingerprint density at radius 3 is 1.21 bits per heavy atom. The number of benzene rings is 2. The summed E-state index contributed by atoms with van der Waals surface area (Å²) in [6.07, 6.45) is 0. The van der Waals surface area contributed by atoms with Crippen LogP contribution >= 0.6 is 168 Å². The maximum absolute atomic E-state index is 6.27. The molecule has 0 radical (unpaired) electrons. The molecule has 0 amide bonds. The highest BCUT2D eigenvalue weighted by atomic mass is 79.9. The quantitative estimate of drug-likeness (QED) is 0.224. The number of halogens is 10. The van der Waals surface area contributed by atoms with Crippen molar-refractivity contribution in [2.24, 2.45) is 0 Å². The van der Waals surface area contributed by atoms with Crippen LogP contribution in [0.2, 0.25) is 0 Å². The van der Waals surface area contributed by atoms with Gasteiger partial charge in [-0.3, -0.25) is 0 Å². The maximum Gasteiger partial charge on any atom is 0.158 e. The lowest BCUT2D eigenvalue weighted by Crippen LogP contribution is -1.95. The molecule has 0 aliphatic rings. The first kappa shape index (κ1) is 23.7. The van der Waals surface area contributed by atoms with Crippen molar-refractivity contribution in [1.29, 1.82) is 0 Å². The van der Waals surface area contributed by atoms with Gasteiger partial charge in [-0.25, -0.2) is 0 Å². The number of ether oxygens (including phenoxy) is 1. The summed E-state index contributed by atoms with van der Waals surface area (Å²) in [5, 5.41) is 0. The van der Waals surface area contributed by atoms with E-state index in [4.69, 9.17) is 4.74 Å². The zero-order chi connectivity index (χ0) is 18.3. The minimum absolute atomic E-state index is 0.626. The first-order chi connectivity index (χ1) is 11.1. The lowest BCUT2D eigenvalue weighted by molar-refractivity contribution is 0.460. The third-order valence-corrected chi connectivity index (χ3v) is 15.2. The zero-order valence-electron chi connectivity index (χ0n) is 10.6. The van der Waals surface area contributed by atoms with E-state index in [2.05, 4.69) is 158 Å². The minimum Gasteiger partial charge on any atom is -0.452 e. The molecule has 2 aromatic rings. The Balaban J connectivity index is 2.75. The predicted octanol–water partition coefficient (Wildman–Crippen LogP) is 11.7. The van der Waals surface area contributed by atoms with E-state index in [1.807, 2.05) is 0 Å². The molecular formula is C12Br10OS. The SMILES string of the molecule is BrSc1c(Br)c(Br)c(Br)c(Br)c1Oc1c(Br)c(Br)c(Br)c(Br)c1Br. The molecule has 2 aromatic carbocycles. The van der Waals surface area contributed by atoms with Crippen molar-refractivity contribution >= 4 is 168 Å². The van der Waals surface area contributed by atoms with Crippen molar-refractivity contribution in [3.63, 3.8) is 0 Å². The molecule has 0 bridgehead atoms.